The summed E-state index contributed by atoms with van der Waals surface area (Å²) in [5.41, 5.74) is 3.86. The summed E-state index contributed by atoms with van der Waals surface area (Å²) in [5.74, 6) is 0. The van der Waals surface area contributed by atoms with Crippen LogP contribution in [0.5, 0.6) is 0 Å². The molecule has 0 amide bonds. The van der Waals surface area contributed by atoms with Gasteiger partial charge in [-0.2, -0.15) is 0 Å². The summed E-state index contributed by atoms with van der Waals surface area (Å²) in [4.78, 5) is 0. The van der Waals surface area contributed by atoms with Crippen molar-refractivity contribution in [2.24, 2.45) is 0 Å². The predicted octanol–water partition coefficient (Wildman–Crippen LogP) is 4.53. The summed E-state index contributed by atoms with van der Waals surface area (Å²) < 4.78 is 0. The van der Waals surface area contributed by atoms with Crippen molar-refractivity contribution in [2.45, 2.75) is 13.3 Å². The first-order valence-electron chi connectivity index (χ1n) is 5.73. The summed E-state index contributed by atoms with van der Waals surface area (Å²) in [5, 5.41) is 0. The van der Waals surface area contributed by atoms with E-state index >= 15 is 0 Å². The fraction of sp³-hybridized carbons (Fsp3) is 0.125. The zero-order valence-corrected chi connectivity index (χ0v) is 9.56. The summed E-state index contributed by atoms with van der Waals surface area (Å²) in [6.07, 6.45) is 14.0. The molecule has 0 radical (unpaired) electrons. The van der Waals surface area contributed by atoms with E-state index in [0.717, 1.165) is 6.42 Å². The van der Waals surface area contributed by atoms with Crippen molar-refractivity contribution in [3.05, 3.63) is 77.9 Å². The monoisotopic (exact) mass is 208 g/mol. The van der Waals surface area contributed by atoms with Crippen molar-refractivity contribution in [1.29, 1.82) is 0 Å². The molecule has 0 bridgehead atoms. The molecule has 16 heavy (non-hydrogen) atoms. The average Bonchev–Trinajstić information content (AvgIpc) is 2.85. The van der Waals surface area contributed by atoms with Gasteiger partial charge in [0.25, 0.3) is 0 Å². The smallest absolute Gasteiger partial charge is 0.0115 e. The molecule has 0 unspecified atom stereocenters. The van der Waals surface area contributed by atoms with Crippen molar-refractivity contribution in [1.82, 2.24) is 0 Å². The van der Waals surface area contributed by atoms with Crippen LogP contribution >= 0.6 is 0 Å². The molecule has 0 aromatic heterocycles. The fourth-order valence-corrected chi connectivity index (χ4v) is 1.77. The van der Waals surface area contributed by atoms with Crippen LogP contribution in [0.3, 0.4) is 0 Å². The van der Waals surface area contributed by atoms with E-state index < -0.39 is 0 Å². The lowest BCUT2D eigenvalue weighted by atomic mass is 10.00. The van der Waals surface area contributed by atoms with E-state index in [9.17, 15) is 0 Å². The Kier molecular flexibility index (Phi) is 3.55. The second kappa shape index (κ2) is 5.32. The van der Waals surface area contributed by atoms with Crippen LogP contribution < -0.4 is 0 Å². The first-order valence-corrected chi connectivity index (χ1v) is 5.73. The molecule has 0 heterocycles. The summed E-state index contributed by atoms with van der Waals surface area (Å²) in [6, 6.07) is 10.5. The molecule has 0 fully saturated rings. The molecule has 0 N–H and O–H groups in total. The molecule has 0 nitrogen and oxygen atoms in total. The number of hydrogen-bond donors (Lipinski definition) is 0. The maximum atomic E-state index is 2.21. The Morgan fingerprint density at radius 1 is 1.06 bits per heavy atom. The van der Waals surface area contributed by atoms with Crippen LogP contribution in [0.2, 0.25) is 0 Å². The highest BCUT2D eigenvalue weighted by Crippen LogP contribution is 2.24. The van der Waals surface area contributed by atoms with Gasteiger partial charge in [-0.05, 0) is 23.1 Å². The van der Waals surface area contributed by atoms with Gasteiger partial charge >= 0.3 is 0 Å². The van der Waals surface area contributed by atoms with Gasteiger partial charge in [0.2, 0.25) is 0 Å². The van der Waals surface area contributed by atoms with Crippen LogP contribution in [0.15, 0.2) is 72.4 Å². The number of hydrogen-bond acceptors (Lipinski definition) is 0. The second-order valence-electron chi connectivity index (χ2n) is 3.76. The molecular formula is C16H16. The summed E-state index contributed by atoms with van der Waals surface area (Å²) >= 11 is 0. The Balaban J connectivity index is 2.44. The van der Waals surface area contributed by atoms with Crippen LogP contribution in [-0.4, -0.2) is 0 Å². The molecule has 1 aromatic carbocycles. The topological polar surface area (TPSA) is 0 Å². The molecule has 0 saturated heterocycles. The third kappa shape index (κ3) is 2.40. The van der Waals surface area contributed by atoms with Gasteiger partial charge in [0, 0.05) is 0 Å². The molecule has 0 aliphatic heterocycles. The average molecular weight is 208 g/mol. The third-order valence-electron chi connectivity index (χ3n) is 2.58. The van der Waals surface area contributed by atoms with E-state index in [2.05, 4.69) is 73.7 Å². The maximum Gasteiger partial charge on any atom is -0.0115 e. The van der Waals surface area contributed by atoms with Crippen molar-refractivity contribution < 1.29 is 0 Å². The SMILES string of the molecule is CC/C=C/C(=C1C=CC=C1)c1ccccc1. The van der Waals surface area contributed by atoms with Crippen LogP contribution in [0.4, 0.5) is 0 Å². The summed E-state index contributed by atoms with van der Waals surface area (Å²) in [7, 11) is 0. The van der Waals surface area contributed by atoms with E-state index in [1.165, 1.54) is 16.7 Å². The van der Waals surface area contributed by atoms with Gasteiger partial charge in [0.15, 0.2) is 0 Å². The minimum atomic E-state index is 1.07. The quantitative estimate of drug-likeness (QED) is 0.684. The van der Waals surface area contributed by atoms with Gasteiger partial charge < -0.3 is 0 Å². The first-order chi connectivity index (χ1) is 7.92. The Morgan fingerprint density at radius 3 is 2.38 bits per heavy atom. The Hall–Kier alpha value is -1.82. The molecule has 1 aromatic rings. The highest BCUT2D eigenvalue weighted by Gasteiger charge is 2.03. The van der Waals surface area contributed by atoms with E-state index in [4.69, 9.17) is 0 Å². The van der Waals surface area contributed by atoms with Crippen LogP contribution in [0, 0.1) is 0 Å². The Bertz CT molecular complexity index is 442. The van der Waals surface area contributed by atoms with E-state index in [1.54, 1.807) is 0 Å². The minimum absolute atomic E-state index is 1.07. The molecule has 0 heteroatoms. The van der Waals surface area contributed by atoms with Gasteiger partial charge in [0.1, 0.15) is 0 Å². The Morgan fingerprint density at radius 2 is 1.75 bits per heavy atom. The van der Waals surface area contributed by atoms with E-state index in [1.807, 2.05) is 0 Å². The van der Waals surface area contributed by atoms with Gasteiger partial charge in [-0.25, -0.2) is 0 Å². The molecule has 1 aliphatic rings. The minimum Gasteiger partial charge on any atom is -0.0842 e. The second-order valence-corrected chi connectivity index (χ2v) is 3.76. The fourth-order valence-electron chi connectivity index (χ4n) is 1.77. The summed E-state index contributed by atoms with van der Waals surface area (Å²) in [6.45, 7) is 2.16. The zero-order valence-electron chi connectivity index (χ0n) is 9.56. The van der Waals surface area contributed by atoms with Gasteiger partial charge in [-0.1, -0.05) is 73.7 Å². The lowest BCUT2D eigenvalue weighted by molar-refractivity contribution is 1.22. The van der Waals surface area contributed by atoms with Gasteiger partial charge in [-0.3, -0.25) is 0 Å². The third-order valence-corrected chi connectivity index (χ3v) is 2.58. The van der Waals surface area contributed by atoms with Crippen LogP contribution in [-0.2, 0) is 0 Å². The number of rotatable bonds is 3. The van der Waals surface area contributed by atoms with Gasteiger partial charge in [0.05, 0.1) is 0 Å². The highest BCUT2D eigenvalue weighted by molar-refractivity contribution is 5.81. The highest BCUT2D eigenvalue weighted by atomic mass is 14.1. The van der Waals surface area contributed by atoms with Gasteiger partial charge in [-0.15, -0.1) is 0 Å². The molecule has 0 saturated carbocycles. The molecule has 0 spiro atoms. The first kappa shape index (κ1) is 10.7. The van der Waals surface area contributed by atoms with Crippen molar-refractivity contribution in [2.75, 3.05) is 0 Å². The molecule has 80 valence electrons. The van der Waals surface area contributed by atoms with E-state index in [-0.39, 0.29) is 0 Å². The standard InChI is InChI=1S/C16H16/c1-2-3-13-16(15-11-7-8-12-15)14-9-5-4-6-10-14/h3-13H,2H2,1H3/b13-3+. The Labute approximate surface area is 97.3 Å². The normalized spacial score (nSPS) is 13.9. The largest absolute Gasteiger partial charge is 0.0842 e. The number of benzene rings is 1. The molecular weight excluding hydrogens is 192 g/mol. The maximum absolute atomic E-state index is 2.21. The lowest BCUT2D eigenvalue weighted by Crippen LogP contribution is -1.84. The van der Waals surface area contributed by atoms with Crippen molar-refractivity contribution in [3.63, 3.8) is 0 Å². The lowest BCUT2D eigenvalue weighted by Gasteiger charge is -2.05. The van der Waals surface area contributed by atoms with Crippen molar-refractivity contribution in [3.8, 4) is 0 Å². The van der Waals surface area contributed by atoms with Crippen LogP contribution in [0.1, 0.15) is 18.9 Å². The van der Waals surface area contributed by atoms with Crippen LogP contribution in [0.25, 0.3) is 5.57 Å². The predicted molar refractivity (Wildman–Crippen MR) is 71.1 cm³/mol. The molecule has 2 rings (SSSR count). The zero-order chi connectivity index (χ0) is 11.2. The number of allylic oxidation sites excluding steroid dienone is 8. The molecule has 1 aliphatic carbocycles. The van der Waals surface area contributed by atoms with Crippen molar-refractivity contribution >= 4 is 5.57 Å². The van der Waals surface area contributed by atoms with E-state index in [0.29, 0.717) is 0 Å². The molecule has 0 atom stereocenters.